The zero-order valence-electron chi connectivity index (χ0n) is 16.1. The number of fused-ring (bicyclic) bond motifs is 1. The van der Waals surface area contributed by atoms with Gasteiger partial charge >= 0.3 is 0 Å². The molecular formula is C22H22N4O2. The van der Waals surface area contributed by atoms with Gasteiger partial charge in [-0.2, -0.15) is 0 Å². The highest BCUT2D eigenvalue weighted by molar-refractivity contribution is 5.98. The van der Waals surface area contributed by atoms with Gasteiger partial charge in [-0.25, -0.2) is 4.98 Å². The molecule has 0 saturated heterocycles. The summed E-state index contributed by atoms with van der Waals surface area (Å²) in [6.45, 7) is 4.00. The quantitative estimate of drug-likeness (QED) is 0.553. The van der Waals surface area contributed by atoms with Crippen LogP contribution < -0.4 is 10.5 Å². The van der Waals surface area contributed by atoms with Crippen molar-refractivity contribution in [2.24, 2.45) is 5.73 Å². The fraction of sp³-hybridized carbons (Fsp3) is 0.136. The van der Waals surface area contributed by atoms with E-state index in [1.165, 1.54) is 6.20 Å². The number of rotatable bonds is 4. The molecule has 3 heterocycles. The van der Waals surface area contributed by atoms with Gasteiger partial charge in [0.25, 0.3) is 0 Å². The molecule has 0 unspecified atom stereocenters. The minimum absolute atomic E-state index is 0.363. The Balaban J connectivity index is 0.00000109. The summed E-state index contributed by atoms with van der Waals surface area (Å²) in [5.41, 5.74) is 10.1. The number of nitrogens with one attached hydrogen (secondary N) is 1. The number of pyridine rings is 2. The first-order valence-corrected chi connectivity index (χ1v) is 9.03. The number of para-hydroxylation sites is 1. The van der Waals surface area contributed by atoms with Crippen molar-refractivity contribution in [2.45, 2.75) is 13.8 Å². The number of benzene rings is 1. The van der Waals surface area contributed by atoms with Crippen LogP contribution in [0.3, 0.4) is 0 Å². The zero-order valence-corrected chi connectivity index (χ0v) is 16.1. The normalized spacial score (nSPS) is 10.2. The number of methoxy groups -OCH3 is 1. The number of nitrogens with two attached hydrogens (primary N) is 1. The van der Waals surface area contributed by atoms with Crippen LogP contribution in [0.1, 0.15) is 24.2 Å². The molecule has 1 amide bonds. The van der Waals surface area contributed by atoms with Crippen molar-refractivity contribution in [1.29, 1.82) is 0 Å². The third kappa shape index (κ3) is 3.57. The van der Waals surface area contributed by atoms with Crippen LogP contribution in [-0.2, 0) is 0 Å². The molecule has 4 rings (SSSR count). The molecule has 4 aromatic rings. The standard InChI is InChI=1S/C20H16N4O2.C2H6/c1-26-18-5-3-2-4-15(18)17-11-24-20-16(17)7-13(10-23-20)12-6-14(19(21)25)9-22-8-12;1-2/h2-11H,1H3,(H2,21,25)(H,23,24);1-2H3. The molecule has 0 fully saturated rings. The number of aromatic nitrogens is 3. The van der Waals surface area contributed by atoms with Gasteiger partial charge in [-0.05, 0) is 18.2 Å². The lowest BCUT2D eigenvalue weighted by molar-refractivity contribution is 0.1000. The second-order valence-electron chi connectivity index (χ2n) is 5.85. The fourth-order valence-electron chi connectivity index (χ4n) is 2.98. The molecule has 6 nitrogen and oxygen atoms in total. The Bertz CT molecular complexity index is 1120. The predicted molar refractivity (Wildman–Crippen MR) is 111 cm³/mol. The number of H-pyrrole nitrogens is 1. The highest BCUT2D eigenvalue weighted by Crippen LogP contribution is 2.35. The van der Waals surface area contributed by atoms with E-state index in [0.717, 1.165) is 39.0 Å². The van der Waals surface area contributed by atoms with Crippen LogP contribution >= 0.6 is 0 Å². The third-order valence-corrected chi connectivity index (χ3v) is 4.28. The fourth-order valence-corrected chi connectivity index (χ4v) is 2.98. The number of amides is 1. The van der Waals surface area contributed by atoms with Gasteiger partial charge in [0.2, 0.25) is 5.91 Å². The van der Waals surface area contributed by atoms with E-state index in [-0.39, 0.29) is 0 Å². The largest absolute Gasteiger partial charge is 0.496 e. The van der Waals surface area contributed by atoms with Crippen molar-refractivity contribution in [2.75, 3.05) is 7.11 Å². The smallest absolute Gasteiger partial charge is 0.250 e. The molecule has 0 aliphatic carbocycles. The maximum atomic E-state index is 11.4. The Morgan fingerprint density at radius 1 is 1.04 bits per heavy atom. The zero-order chi connectivity index (χ0) is 20.1. The summed E-state index contributed by atoms with van der Waals surface area (Å²) in [7, 11) is 1.65. The Labute approximate surface area is 163 Å². The third-order valence-electron chi connectivity index (χ3n) is 4.28. The number of hydrogen-bond acceptors (Lipinski definition) is 4. The lowest BCUT2D eigenvalue weighted by Crippen LogP contribution is -2.11. The monoisotopic (exact) mass is 374 g/mol. The molecule has 0 spiro atoms. The summed E-state index contributed by atoms with van der Waals surface area (Å²) in [6, 6.07) is 11.6. The van der Waals surface area contributed by atoms with Crippen molar-refractivity contribution >= 4 is 16.9 Å². The number of carbonyl (C=O) groups is 1. The van der Waals surface area contributed by atoms with E-state index < -0.39 is 5.91 Å². The first-order chi connectivity index (χ1) is 13.7. The van der Waals surface area contributed by atoms with Gasteiger partial charge < -0.3 is 15.5 Å². The number of nitrogens with zero attached hydrogens (tertiary/aromatic N) is 2. The van der Waals surface area contributed by atoms with Crippen molar-refractivity contribution in [3.8, 4) is 28.0 Å². The second kappa shape index (κ2) is 8.35. The van der Waals surface area contributed by atoms with Crippen LogP contribution in [0, 0.1) is 0 Å². The van der Waals surface area contributed by atoms with Gasteiger partial charge in [-0.1, -0.05) is 32.0 Å². The molecule has 0 aliphatic heterocycles. The maximum absolute atomic E-state index is 11.4. The molecule has 0 saturated carbocycles. The SMILES string of the molecule is CC.COc1ccccc1-c1c[nH]c2ncc(-c3cncc(C(N)=O)c3)cc12. The lowest BCUT2D eigenvalue weighted by atomic mass is 10.0. The van der Waals surface area contributed by atoms with Crippen LogP contribution in [0.5, 0.6) is 5.75 Å². The minimum atomic E-state index is -0.509. The van der Waals surface area contributed by atoms with Gasteiger partial charge in [0, 0.05) is 52.4 Å². The van der Waals surface area contributed by atoms with Crippen LogP contribution in [0.15, 0.2) is 61.2 Å². The van der Waals surface area contributed by atoms with Gasteiger partial charge in [0.1, 0.15) is 11.4 Å². The molecule has 3 aromatic heterocycles. The van der Waals surface area contributed by atoms with Crippen molar-refractivity contribution < 1.29 is 9.53 Å². The second-order valence-corrected chi connectivity index (χ2v) is 5.85. The number of primary amides is 1. The predicted octanol–water partition coefficient (Wildman–Crippen LogP) is 4.43. The average Bonchev–Trinajstić information content (AvgIpc) is 3.18. The van der Waals surface area contributed by atoms with Gasteiger partial charge in [0.15, 0.2) is 0 Å². The van der Waals surface area contributed by atoms with Crippen LogP contribution in [0.25, 0.3) is 33.3 Å². The molecule has 6 heteroatoms. The van der Waals surface area contributed by atoms with E-state index in [9.17, 15) is 4.79 Å². The highest BCUT2D eigenvalue weighted by atomic mass is 16.5. The van der Waals surface area contributed by atoms with Crippen molar-refractivity contribution in [3.05, 3.63) is 66.7 Å². The summed E-state index contributed by atoms with van der Waals surface area (Å²) in [6.07, 6.45) is 6.79. The van der Waals surface area contributed by atoms with E-state index in [1.54, 1.807) is 25.6 Å². The lowest BCUT2D eigenvalue weighted by Gasteiger charge is -2.08. The first kappa shape index (κ1) is 19.1. The van der Waals surface area contributed by atoms with E-state index >= 15 is 0 Å². The summed E-state index contributed by atoms with van der Waals surface area (Å²) in [5.74, 6) is 0.279. The van der Waals surface area contributed by atoms with E-state index in [0.29, 0.717) is 5.56 Å². The Morgan fingerprint density at radius 3 is 2.54 bits per heavy atom. The first-order valence-electron chi connectivity index (χ1n) is 9.03. The summed E-state index contributed by atoms with van der Waals surface area (Å²) in [5, 5.41) is 0.955. The Kier molecular flexibility index (Phi) is 5.69. The van der Waals surface area contributed by atoms with E-state index in [1.807, 2.05) is 50.4 Å². The number of aromatic amines is 1. The van der Waals surface area contributed by atoms with Crippen LogP contribution in [0.2, 0.25) is 0 Å². The molecule has 142 valence electrons. The van der Waals surface area contributed by atoms with E-state index in [2.05, 4.69) is 15.0 Å². The van der Waals surface area contributed by atoms with Gasteiger partial charge in [-0.3, -0.25) is 9.78 Å². The molecule has 0 radical (unpaired) electrons. The molecule has 1 aromatic carbocycles. The minimum Gasteiger partial charge on any atom is -0.496 e. The maximum Gasteiger partial charge on any atom is 0.250 e. The highest BCUT2D eigenvalue weighted by Gasteiger charge is 2.13. The topological polar surface area (TPSA) is 93.9 Å². The molecule has 28 heavy (non-hydrogen) atoms. The summed E-state index contributed by atoms with van der Waals surface area (Å²) in [4.78, 5) is 23.2. The number of carbonyl (C=O) groups excluding carboxylic acids is 1. The number of hydrogen-bond donors (Lipinski definition) is 2. The Hall–Kier alpha value is -3.67. The molecule has 0 aliphatic rings. The van der Waals surface area contributed by atoms with Crippen LogP contribution in [0.4, 0.5) is 0 Å². The van der Waals surface area contributed by atoms with E-state index in [4.69, 9.17) is 10.5 Å². The number of ether oxygens (including phenoxy) is 1. The van der Waals surface area contributed by atoms with Crippen molar-refractivity contribution in [1.82, 2.24) is 15.0 Å². The van der Waals surface area contributed by atoms with Gasteiger partial charge in [-0.15, -0.1) is 0 Å². The average molecular weight is 374 g/mol. The summed E-state index contributed by atoms with van der Waals surface area (Å²) < 4.78 is 5.48. The Morgan fingerprint density at radius 2 is 1.79 bits per heavy atom. The molecule has 0 atom stereocenters. The molecule has 0 bridgehead atoms. The summed E-state index contributed by atoms with van der Waals surface area (Å²) >= 11 is 0. The van der Waals surface area contributed by atoms with Crippen LogP contribution in [-0.4, -0.2) is 28.0 Å². The van der Waals surface area contributed by atoms with Gasteiger partial charge in [0.05, 0.1) is 12.7 Å². The van der Waals surface area contributed by atoms with Crippen molar-refractivity contribution in [3.63, 3.8) is 0 Å². The molecule has 3 N–H and O–H groups in total. The molecular weight excluding hydrogens is 352 g/mol.